The van der Waals surface area contributed by atoms with Crippen LogP contribution in [-0.2, 0) is 14.3 Å². The number of hydrogen-bond acceptors (Lipinski definition) is 6. The number of non-ortho nitro benzene ring substituents is 1. The predicted molar refractivity (Wildman–Crippen MR) is 69.7 cm³/mol. The van der Waals surface area contributed by atoms with Crippen LogP contribution in [0.25, 0.3) is 0 Å². The van der Waals surface area contributed by atoms with Gasteiger partial charge in [-0.2, -0.15) is 0 Å². The molecule has 0 atom stereocenters. The molecule has 1 amide bonds. The number of ether oxygens (including phenoxy) is 2. The lowest BCUT2D eigenvalue weighted by atomic mass is 10.1. The molecular formula is C12H14N2O6. The van der Waals surface area contributed by atoms with Gasteiger partial charge < -0.3 is 14.4 Å². The molecule has 0 saturated heterocycles. The molecule has 0 bridgehead atoms. The molecule has 0 aliphatic rings. The minimum atomic E-state index is -0.688. The minimum Gasteiger partial charge on any atom is -0.465 e. The molecule has 0 radical (unpaired) electrons. The molecule has 0 fully saturated rings. The average Bonchev–Trinajstić information content (AvgIpc) is 2.45. The van der Waals surface area contributed by atoms with Crippen molar-refractivity contribution < 1.29 is 24.0 Å². The summed E-state index contributed by atoms with van der Waals surface area (Å²) < 4.78 is 9.30. The van der Waals surface area contributed by atoms with E-state index in [9.17, 15) is 19.7 Å². The number of likely N-dealkylation sites (N-methyl/N-ethyl adjacent to an activating group) is 1. The number of nitro groups is 1. The first-order valence-corrected chi connectivity index (χ1v) is 5.54. The van der Waals surface area contributed by atoms with Crippen molar-refractivity contribution in [2.75, 3.05) is 32.8 Å². The molecule has 0 unspecified atom stereocenters. The number of carbonyl (C=O) groups is 2. The fourth-order valence-electron chi connectivity index (χ4n) is 1.55. The standard InChI is InChI=1S/C12H14N2O6/c1-13(11(15)7-19-2)10-6-8(14(17)18)4-5-9(10)12(16)20-3/h4-6H,7H2,1-3H3. The van der Waals surface area contributed by atoms with Gasteiger partial charge in [-0.25, -0.2) is 4.79 Å². The number of methoxy groups -OCH3 is 2. The van der Waals surface area contributed by atoms with Crippen LogP contribution in [0.4, 0.5) is 11.4 Å². The van der Waals surface area contributed by atoms with Crippen LogP contribution in [-0.4, -0.2) is 44.7 Å². The normalized spacial score (nSPS) is 9.95. The Hall–Kier alpha value is -2.48. The third kappa shape index (κ3) is 3.29. The molecule has 20 heavy (non-hydrogen) atoms. The minimum absolute atomic E-state index is 0.0602. The predicted octanol–water partition coefficient (Wildman–Crippen LogP) is 0.991. The molecule has 0 saturated carbocycles. The van der Waals surface area contributed by atoms with Crippen LogP contribution in [0.1, 0.15) is 10.4 Å². The van der Waals surface area contributed by atoms with Gasteiger partial charge in [0.15, 0.2) is 0 Å². The number of carbonyl (C=O) groups excluding carboxylic acids is 2. The second kappa shape index (κ2) is 6.62. The van der Waals surface area contributed by atoms with Crippen LogP contribution in [0.3, 0.4) is 0 Å². The molecule has 1 aromatic carbocycles. The fourth-order valence-corrected chi connectivity index (χ4v) is 1.55. The van der Waals surface area contributed by atoms with E-state index in [1.54, 1.807) is 0 Å². The van der Waals surface area contributed by atoms with Gasteiger partial charge in [0.2, 0.25) is 0 Å². The SMILES string of the molecule is COCC(=O)N(C)c1cc([N+](=O)[O-])ccc1C(=O)OC. The van der Waals surface area contributed by atoms with Crippen molar-refractivity contribution in [2.45, 2.75) is 0 Å². The molecule has 0 aromatic heterocycles. The van der Waals surface area contributed by atoms with Crippen LogP contribution < -0.4 is 4.90 Å². The van der Waals surface area contributed by atoms with Crippen LogP contribution in [0.15, 0.2) is 18.2 Å². The van der Waals surface area contributed by atoms with Crippen molar-refractivity contribution in [2.24, 2.45) is 0 Å². The number of anilines is 1. The highest BCUT2D eigenvalue weighted by Gasteiger charge is 2.22. The maximum atomic E-state index is 11.8. The summed E-state index contributed by atoms with van der Waals surface area (Å²) in [6, 6.07) is 3.56. The van der Waals surface area contributed by atoms with Crippen molar-refractivity contribution in [3.63, 3.8) is 0 Å². The van der Waals surface area contributed by atoms with E-state index in [2.05, 4.69) is 4.74 Å². The number of esters is 1. The number of rotatable bonds is 5. The van der Waals surface area contributed by atoms with E-state index in [1.807, 2.05) is 0 Å². The highest BCUT2D eigenvalue weighted by Crippen LogP contribution is 2.26. The zero-order chi connectivity index (χ0) is 15.3. The number of amides is 1. The highest BCUT2D eigenvalue weighted by molar-refractivity contribution is 6.03. The third-order valence-corrected chi connectivity index (χ3v) is 2.60. The molecule has 8 heteroatoms. The summed E-state index contributed by atoms with van der Waals surface area (Å²) in [7, 11) is 3.93. The largest absolute Gasteiger partial charge is 0.465 e. The first-order chi connectivity index (χ1) is 9.42. The molecule has 0 spiro atoms. The summed E-state index contributed by atoms with van der Waals surface area (Å²) in [5.41, 5.74) is -0.0807. The quantitative estimate of drug-likeness (QED) is 0.453. The Morgan fingerprint density at radius 1 is 1.35 bits per heavy atom. The Labute approximate surface area is 115 Å². The zero-order valence-electron chi connectivity index (χ0n) is 11.3. The molecule has 1 aromatic rings. The van der Waals surface area contributed by atoms with E-state index in [-0.39, 0.29) is 23.5 Å². The fraction of sp³-hybridized carbons (Fsp3) is 0.333. The van der Waals surface area contributed by atoms with Crippen LogP contribution in [0, 0.1) is 10.1 Å². The molecule has 0 aliphatic carbocycles. The number of nitrogens with zero attached hydrogens (tertiary/aromatic N) is 2. The van der Waals surface area contributed by atoms with E-state index >= 15 is 0 Å². The second-order valence-corrected chi connectivity index (χ2v) is 3.84. The Kier molecular flexibility index (Phi) is 5.15. The average molecular weight is 282 g/mol. The van der Waals surface area contributed by atoms with Crippen molar-refractivity contribution in [3.8, 4) is 0 Å². The van der Waals surface area contributed by atoms with Gasteiger partial charge in [0.05, 0.1) is 23.3 Å². The monoisotopic (exact) mass is 282 g/mol. The zero-order valence-corrected chi connectivity index (χ0v) is 11.3. The van der Waals surface area contributed by atoms with E-state index in [1.165, 1.54) is 33.4 Å². The van der Waals surface area contributed by atoms with E-state index in [0.29, 0.717) is 0 Å². The van der Waals surface area contributed by atoms with E-state index in [0.717, 1.165) is 11.0 Å². The Morgan fingerprint density at radius 3 is 2.50 bits per heavy atom. The van der Waals surface area contributed by atoms with Gasteiger partial charge in [-0.1, -0.05) is 0 Å². The number of nitro benzene ring substituents is 1. The second-order valence-electron chi connectivity index (χ2n) is 3.84. The number of benzene rings is 1. The van der Waals surface area contributed by atoms with Gasteiger partial charge in [-0.3, -0.25) is 14.9 Å². The first kappa shape index (κ1) is 15.6. The lowest BCUT2D eigenvalue weighted by Gasteiger charge is -2.19. The van der Waals surface area contributed by atoms with Crippen LogP contribution in [0.2, 0.25) is 0 Å². The molecule has 108 valence electrons. The molecular weight excluding hydrogens is 268 g/mol. The lowest BCUT2D eigenvalue weighted by Crippen LogP contribution is -2.31. The Bertz CT molecular complexity index is 543. The first-order valence-electron chi connectivity index (χ1n) is 5.54. The summed E-state index contributed by atoms with van der Waals surface area (Å²) in [6.07, 6.45) is 0. The third-order valence-electron chi connectivity index (χ3n) is 2.60. The van der Waals surface area contributed by atoms with Crippen molar-refractivity contribution in [1.29, 1.82) is 0 Å². The Balaban J connectivity index is 3.30. The van der Waals surface area contributed by atoms with Gasteiger partial charge in [0, 0.05) is 26.3 Å². The van der Waals surface area contributed by atoms with Gasteiger partial charge >= 0.3 is 5.97 Å². The van der Waals surface area contributed by atoms with E-state index < -0.39 is 16.8 Å². The van der Waals surface area contributed by atoms with Crippen LogP contribution >= 0.6 is 0 Å². The topological polar surface area (TPSA) is 99.0 Å². The maximum absolute atomic E-state index is 11.8. The maximum Gasteiger partial charge on any atom is 0.339 e. The van der Waals surface area contributed by atoms with Crippen molar-refractivity contribution in [1.82, 2.24) is 0 Å². The molecule has 0 N–H and O–H groups in total. The van der Waals surface area contributed by atoms with Crippen LogP contribution in [0.5, 0.6) is 0 Å². The molecule has 1 rings (SSSR count). The summed E-state index contributed by atoms with van der Waals surface area (Å²) in [4.78, 5) is 34.7. The van der Waals surface area contributed by atoms with Crippen molar-refractivity contribution in [3.05, 3.63) is 33.9 Å². The molecule has 8 nitrogen and oxygen atoms in total. The summed E-state index contributed by atoms with van der Waals surface area (Å²) >= 11 is 0. The molecule has 0 aliphatic heterocycles. The van der Waals surface area contributed by atoms with E-state index in [4.69, 9.17) is 4.74 Å². The van der Waals surface area contributed by atoms with Gasteiger partial charge in [0.1, 0.15) is 6.61 Å². The molecule has 0 heterocycles. The van der Waals surface area contributed by atoms with Gasteiger partial charge in [-0.15, -0.1) is 0 Å². The summed E-state index contributed by atoms with van der Waals surface area (Å²) in [5, 5.41) is 10.8. The smallest absolute Gasteiger partial charge is 0.339 e. The lowest BCUT2D eigenvalue weighted by molar-refractivity contribution is -0.384. The van der Waals surface area contributed by atoms with Crippen molar-refractivity contribution >= 4 is 23.3 Å². The number of hydrogen-bond donors (Lipinski definition) is 0. The summed E-state index contributed by atoms with van der Waals surface area (Å²) in [6.45, 7) is -0.209. The van der Waals surface area contributed by atoms with Gasteiger partial charge in [-0.05, 0) is 6.07 Å². The Morgan fingerprint density at radius 2 is 2.00 bits per heavy atom. The highest BCUT2D eigenvalue weighted by atomic mass is 16.6. The summed E-state index contributed by atoms with van der Waals surface area (Å²) in [5.74, 6) is -1.13. The van der Waals surface area contributed by atoms with Gasteiger partial charge in [0.25, 0.3) is 11.6 Å².